The van der Waals surface area contributed by atoms with Gasteiger partial charge in [-0.05, 0) is 6.42 Å². The van der Waals surface area contributed by atoms with Crippen molar-refractivity contribution in [1.82, 2.24) is 0 Å². The van der Waals surface area contributed by atoms with Crippen LogP contribution in [0, 0.1) is 0 Å². The number of hydrogen-bond acceptors (Lipinski definition) is 0. The Kier molecular flexibility index (Phi) is 4.20. The molecule has 0 N–H and O–H groups in total. The molecule has 0 fully saturated rings. The van der Waals surface area contributed by atoms with E-state index in [0.29, 0.717) is 0 Å². The minimum Gasteiger partial charge on any atom is -0.244 e. The summed E-state index contributed by atoms with van der Waals surface area (Å²) in [6.45, 7) is 1.16. The highest BCUT2D eigenvalue weighted by Gasteiger charge is 2.58. The molecule has 7 heteroatoms. The van der Waals surface area contributed by atoms with Crippen LogP contribution in [0.5, 0.6) is 0 Å². The number of hydrogen-bond donors (Lipinski definition) is 0. The van der Waals surface area contributed by atoms with Crippen molar-refractivity contribution in [3.05, 3.63) is 0 Å². The molecule has 86 valence electrons. The predicted octanol–water partition coefficient (Wildman–Crippen LogP) is 3.66. The Morgan fingerprint density at radius 1 is 0.929 bits per heavy atom. The highest BCUT2D eigenvalue weighted by atomic mass is 19.4. The molecule has 0 aromatic heterocycles. The minimum atomic E-state index is -5.83. The van der Waals surface area contributed by atoms with Crippen LogP contribution < -0.4 is 0 Å². The SMILES string of the molecule is CCC(F)[C@@H](F)CC(F)(F)C(F)(F)F. The van der Waals surface area contributed by atoms with E-state index in [2.05, 4.69) is 0 Å². The summed E-state index contributed by atoms with van der Waals surface area (Å²) < 4.78 is 83.7. The molecular weight excluding hydrogens is 217 g/mol. The average molecular weight is 226 g/mol. The summed E-state index contributed by atoms with van der Waals surface area (Å²) >= 11 is 0. The molecule has 0 amide bonds. The van der Waals surface area contributed by atoms with E-state index in [1.807, 2.05) is 0 Å². The normalized spacial score (nSPS) is 18.0. The average Bonchev–Trinajstić information content (AvgIpc) is 2.00. The molecule has 0 rings (SSSR count). The van der Waals surface area contributed by atoms with Crippen LogP contribution >= 0.6 is 0 Å². The molecule has 0 aliphatic rings. The van der Waals surface area contributed by atoms with E-state index in [9.17, 15) is 30.7 Å². The van der Waals surface area contributed by atoms with Gasteiger partial charge in [-0.25, -0.2) is 8.78 Å². The molecule has 0 aromatic rings. The minimum absolute atomic E-state index is 0.435. The molecule has 0 aliphatic carbocycles. The number of halogens is 7. The maximum atomic E-state index is 12.5. The van der Waals surface area contributed by atoms with Crippen LogP contribution in [0.3, 0.4) is 0 Å². The summed E-state index contributed by atoms with van der Waals surface area (Å²) in [5, 5.41) is 0. The Bertz CT molecular complexity index is 173. The Hall–Kier alpha value is -0.490. The zero-order chi connectivity index (χ0) is 11.6. The highest BCUT2D eigenvalue weighted by Crippen LogP contribution is 2.40. The van der Waals surface area contributed by atoms with Gasteiger partial charge in [0.15, 0.2) is 0 Å². The van der Waals surface area contributed by atoms with E-state index in [-0.39, 0.29) is 0 Å². The van der Waals surface area contributed by atoms with Crippen LogP contribution in [0.1, 0.15) is 19.8 Å². The van der Waals surface area contributed by atoms with Crippen molar-refractivity contribution in [1.29, 1.82) is 0 Å². The van der Waals surface area contributed by atoms with Gasteiger partial charge in [0.1, 0.15) is 12.3 Å². The first kappa shape index (κ1) is 13.5. The largest absolute Gasteiger partial charge is 0.453 e. The fourth-order valence-corrected chi connectivity index (χ4v) is 0.744. The third-order valence-electron chi connectivity index (χ3n) is 1.65. The van der Waals surface area contributed by atoms with Crippen LogP contribution in [0.4, 0.5) is 30.7 Å². The molecule has 0 bridgehead atoms. The second kappa shape index (κ2) is 4.35. The van der Waals surface area contributed by atoms with Crippen molar-refractivity contribution in [3.8, 4) is 0 Å². The standard InChI is InChI=1S/C7H9F7/c1-2-4(8)5(9)3-6(10,11)7(12,13)14/h4-5H,2-3H2,1H3/t4?,5-/m0/s1. The van der Waals surface area contributed by atoms with E-state index < -0.39 is 37.3 Å². The van der Waals surface area contributed by atoms with Gasteiger partial charge < -0.3 is 0 Å². The third-order valence-corrected chi connectivity index (χ3v) is 1.65. The maximum Gasteiger partial charge on any atom is 0.453 e. The Balaban J connectivity index is 4.36. The van der Waals surface area contributed by atoms with E-state index in [4.69, 9.17) is 0 Å². The van der Waals surface area contributed by atoms with Gasteiger partial charge in [-0.15, -0.1) is 0 Å². The zero-order valence-corrected chi connectivity index (χ0v) is 7.21. The van der Waals surface area contributed by atoms with E-state index in [1.54, 1.807) is 0 Å². The first-order valence-corrected chi connectivity index (χ1v) is 3.84. The van der Waals surface area contributed by atoms with Crippen LogP contribution in [0.15, 0.2) is 0 Å². The highest BCUT2D eigenvalue weighted by molar-refractivity contribution is 4.82. The van der Waals surface area contributed by atoms with Gasteiger partial charge >= 0.3 is 12.1 Å². The van der Waals surface area contributed by atoms with Gasteiger partial charge in [0, 0.05) is 0 Å². The fourth-order valence-electron chi connectivity index (χ4n) is 0.744. The summed E-state index contributed by atoms with van der Waals surface area (Å²) in [6, 6.07) is 0. The van der Waals surface area contributed by atoms with Crippen LogP contribution in [0.25, 0.3) is 0 Å². The van der Waals surface area contributed by atoms with Crippen molar-refractivity contribution in [2.24, 2.45) is 0 Å². The van der Waals surface area contributed by atoms with Crippen LogP contribution in [-0.4, -0.2) is 24.4 Å². The van der Waals surface area contributed by atoms with Crippen molar-refractivity contribution in [2.75, 3.05) is 0 Å². The molecule has 0 saturated carbocycles. The predicted molar refractivity (Wildman–Crippen MR) is 35.7 cm³/mol. The van der Waals surface area contributed by atoms with Crippen molar-refractivity contribution in [2.45, 2.75) is 44.2 Å². The molecule has 2 atom stereocenters. The first-order chi connectivity index (χ1) is 6.12. The van der Waals surface area contributed by atoms with Crippen LogP contribution in [-0.2, 0) is 0 Å². The summed E-state index contributed by atoms with van der Waals surface area (Å²) in [5.41, 5.74) is 0. The molecule has 0 saturated heterocycles. The monoisotopic (exact) mass is 226 g/mol. The zero-order valence-electron chi connectivity index (χ0n) is 7.21. The van der Waals surface area contributed by atoms with Gasteiger partial charge in [-0.2, -0.15) is 22.0 Å². The summed E-state index contributed by atoms with van der Waals surface area (Å²) in [5.74, 6) is -5.17. The molecule has 0 spiro atoms. The van der Waals surface area contributed by atoms with E-state index in [0.717, 1.165) is 6.92 Å². The number of rotatable bonds is 4. The summed E-state index contributed by atoms with van der Waals surface area (Å²) in [4.78, 5) is 0. The molecule has 0 aliphatic heterocycles. The Labute approximate surface area is 76.1 Å². The summed E-state index contributed by atoms with van der Waals surface area (Å²) in [7, 11) is 0. The lowest BCUT2D eigenvalue weighted by Crippen LogP contribution is -2.40. The smallest absolute Gasteiger partial charge is 0.244 e. The molecular formula is C7H9F7. The molecule has 14 heavy (non-hydrogen) atoms. The summed E-state index contributed by atoms with van der Waals surface area (Å²) in [6.07, 6.45) is -13.5. The van der Waals surface area contributed by atoms with Gasteiger partial charge in [-0.1, -0.05) is 6.92 Å². The second-order valence-corrected chi connectivity index (χ2v) is 2.85. The quantitative estimate of drug-likeness (QED) is 0.641. The molecule has 0 heterocycles. The van der Waals surface area contributed by atoms with Crippen molar-refractivity contribution in [3.63, 3.8) is 0 Å². The fraction of sp³-hybridized carbons (Fsp3) is 1.00. The topological polar surface area (TPSA) is 0 Å². The molecule has 0 aromatic carbocycles. The lowest BCUT2D eigenvalue weighted by Gasteiger charge is -2.22. The Morgan fingerprint density at radius 3 is 1.64 bits per heavy atom. The first-order valence-electron chi connectivity index (χ1n) is 3.84. The second-order valence-electron chi connectivity index (χ2n) is 2.85. The van der Waals surface area contributed by atoms with Crippen LogP contribution in [0.2, 0.25) is 0 Å². The Morgan fingerprint density at radius 2 is 1.36 bits per heavy atom. The molecule has 0 radical (unpaired) electrons. The van der Waals surface area contributed by atoms with Gasteiger partial charge in [0.25, 0.3) is 0 Å². The lowest BCUT2D eigenvalue weighted by atomic mass is 10.1. The van der Waals surface area contributed by atoms with Crippen molar-refractivity contribution < 1.29 is 30.7 Å². The molecule has 1 unspecified atom stereocenters. The third kappa shape index (κ3) is 3.34. The number of alkyl halides is 7. The maximum absolute atomic E-state index is 12.5. The van der Waals surface area contributed by atoms with Gasteiger partial charge in [-0.3, -0.25) is 0 Å². The lowest BCUT2D eigenvalue weighted by molar-refractivity contribution is -0.289. The van der Waals surface area contributed by atoms with Gasteiger partial charge in [0.05, 0.1) is 6.42 Å². The van der Waals surface area contributed by atoms with Crippen molar-refractivity contribution >= 4 is 0 Å². The molecule has 0 nitrogen and oxygen atoms in total. The van der Waals surface area contributed by atoms with E-state index >= 15 is 0 Å². The van der Waals surface area contributed by atoms with Gasteiger partial charge in [0.2, 0.25) is 0 Å². The van der Waals surface area contributed by atoms with E-state index in [1.165, 1.54) is 0 Å².